The van der Waals surface area contributed by atoms with E-state index in [9.17, 15) is 9.59 Å². The van der Waals surface area contributed by atoms with E-state index in [-0.39, 0.29) is 36.7 Å². The van der Waals surface area contributed by atoms with Crippen LogP contribution in [0.3, 0.4) is 0 Å². The van der Waals surface area contributed by atoms with Gasteiger partial charge in [-0.3, -0.25) is 19.4 Å². The number of nitrogens with one attached hydrogen (secondary N) is 2. The molecule has 0 unspecified atom stereocenters. The van der Waals surface area contributed by atoms with Crippen LogP contribution in [0.1, 0.15) is 101 Å². The lowest BCUT2D eigenvalue weighted by atomic mass is 9.84. The summed E-state index contributed by atoms with van der Waals surface area (Å²) in [7, 11) is 0. The molecule has 2 heterocycles. The van der Waals surface area contributed by atoms with Gasteiger partial charge in [-0.25, -0.2) is 0 Å². The van der Waals surface area contributed by atoms with Crippen molar-refractivity contribution in [3.05, 3.63) is 57.6 Å². The second-order valence-electron chi connectivity index (χ2n) is 17.1. The maximum atomic E-state index is 11.9. The highest BCUT2D eigenvalue weighted by molar-refractivity contribution is 6.31. The number of halogens is 3. The maximum Gasteiger partial charge on any atom is 0.234 e. The molecule has 2 saturated carbocycles. The predicted octanol–water partition coefficient (Wildman–Crippen LogP) is 8.70. The normalized spacial score (nSPS) is 22.5. The predicted molar refractivity (Wildman–Crippen MR) is 244 cm³/mol. The van der Waals surface area contributed by atoms with Crippen LogP contribution in [0.15, 0.2) is 36.4 Å². The summed E-state index contributed by atoms with van der Waals surface area (Å²) >= 11 is 12.4. The second kappa shape index (κ2) is 25.5. The van der Waals surface area contributed by atoms with Gasteiger partial charge >= 0.3 is 0 Å². The summed E-state index contributed by atoms with van der Waals surface area (Å²) in [5, 5.41) is 24.9. The molecule has 13 heteroatoms. The lowest BCUT2D eigenvalue weighted by Gasteiger charge is -2.37. The van der Waals surface area contributed by atoms with Gasteiger partial charge in [0.1, 0.15) is 6.42 Å². The molecule has 2 aromatic rings. The van der Waals surface area contributed by atoms with Crippen molar-refractivity contribution >= 4 is 58.8 Å². The van der Waals surface area contributed by atoms with Crippen LogP contribution in [0.5, 0.6) is 0 Å². The number of piperazine rings is 2. The zero-order valence-corrected chi connectivity index (χ0v) is 37.7. The van der Waals surface area contributed by atoms with Crippen LogP contribution in [-0.2, 0) is 9.59 Å². The van der Waals surface area contributed by atoms with Gasteiger partial charge in [0, 0.05) is 98.7 Å². The fourth-order valence-electron chi connectivity index (χ4n) is 9.16. The van der Waals surface area contributed by atoms with Crippen LogP contribution in [0.2, 0.25) is 10.0 Å². The van der Waals surface area contributed by atoms with E-state index in [0.29, 0.717) is 25.3 Å². The Morgan fingerprint density at radius 1 is 0.627 bits per heavy atom. The number of amides is 2. The van der Waals surface area contributed by atoms with Gasteiger partial charge in [0.05, 0.1) is 12.1 Å². The molecule has 2 aliphatic heterocycles. The molecule has 0 aromatic heterocycles. The highest BCUT2D eigenvalue weighted by atomic mass is 35.5. The molecule has 4 aliphatic rings. The summed E-state index contributed by atoms with van der Waals surface area (Å²) < 4.78 is 0. The molecule has 2 N–H and O–H groups in total. The van der Waals surface area contributed by atoms with Crippen LogP contribution < -0.4 is 20.4 Å². The fourth-order valence-corrected chi connectivity index (χ4v) is 9.73. The summed E-state index contributed by atoms with van der Waals surface area (Å²) in [6.45, 7) is 15.2. The number of benzene rings is 2. The van der Waals surface area contributed by atoms with Gasteiger partial charge in [-0.1, -0.05) is 23.2 Å². The lowest BCUT2D eigenvalue weighted by Crippen LogP contribution is -2.47. The van der Waals surface area contributed by atoms with Gasteiger partial charge in [0.25, 0.3) is 0 Å². The second-order valence-corrected chi connectivity index (χ2v) is 18.0. The standard InChI is InChI=1S/C24H35ClN4O.C22H31ClN4O.ClH/c1-19-16-21(25)18-23(17-19)29-14-12-28(13-15-29)11-9-20-5-7-22(8-6-20)27-24(30)4-2-3-10-26;1-17-14-19(23)16-21(15-17)27-12-10-26(11-13-27)9-7-18-2-4-20(5-3-18)25-22(28)6-8-24;/h16-18,20,22H,2-9,11-15H2,1H3,(H,27,30);14-16,18,20H,2-7,9-13H2,1H3,(H,25,28);1H. The van der Waals surface area contributed by atoms with Gasteiger partial charge in [-0.15, -0.1) is 12.4 Å². The molecule has 324 valence electrons. The lowest BCUT2D eigenvalue weighted by molar-refractivity contribution is -0.122. The summed E-state index contributed by atoms with van der Waals surface area (Å²) in [5.74, 6) is 1.53. The number of carbonyl (C=O) groups is 2. The minimum Gasteiger partial charge on any atom is -0.369 e. The third-order valence-electron chi connectivity index (χ3n) is 12.6. The van der Waals surface area contributed by atoms with Gasteiger partial charge in [0.2, 0.25) is 11.8 Å². The molecule has 4 fully saturated rings. The van der Waals surface area contributed by atoms with Gasteiger partial charge in [-0.05, 0) is 157 Å². The molecule has 2 aromatic carbocycles. The van der Waals surface area contributed by atoms with Crippen LogP contribution >= 0.6 is 35.6 Å². The Morgan fingerprint density at radius 3 is 1.44 bits per heavy atom. The van der Waals surface area contributed by atoms with Crippen molar-refractivity contribution in [3.63, 3.8) is 0 Å². The highest BCUT2D eigenvalue weighted by Crippen LogP contribution is 2.30. The first-order valence-electron chi connectivity index (χ1n) is 21.9. The van der Waals surface area contributed by atoms with E-state index in [1.54, 1.807) is 0 Å². The van der Waals surface area contributed by atoms with Crippen LogP contribution in [0, 0.1) is 48.3 Å². The molecule has 2 amide bonds. The number of unbranched alkanes of at least 4 members (excludes halogenated alkanes) is 1. The molecule has 0 spiro atoms. The number of nitrogens with zero attached hydrogens (tertiary/aromatic N) is 6. The largest absolute Gasteiger partial charge is 0.369 e. The van der Waals surface area contributed by atoms with E-state index in [1.807, 2.05) is 18.2 Å². The third kappa shape index (κ3) is 17.0. The topological polar surface area (TPSA) is 119 Å². The average molecular weight is 870 g/mol. The molecule has 2 saturated heterocycles. The van der Waals surface area contributed by atoms with E-state index in [1.165, 1.54) is 74.1 Å². The minimum absolute atomic E-state index is 0. The Bertz CT molecular complexity index is 1640. The van der Waals surface area contributed by atoms with Crippen molar-refractivity contribution in [2.24, 2.45) is 11.8 Å². The Balaban J connectivity index is 0.000000257. The van der Waals surface area contributed by atoms with Gasteiger partial charge < -0.3 is 20.4 Å². The van der Waals surface area contributed by atoms with Crippen LogP contribution in [0.25, 0.3) is 0 Å². The van der Waals surface area contributed by atoms with E-state index in [2.05, 4.69) is 74.4 Å². The smallest absolute Gasteiger partial charge is 0.234 e. The molecule has 6 rings (SSSR count). The van der Waals surface area contributed by atoms with E-state index >= 15 is 0 Å². The van der Waals surface area contributed by atoms with Gasteiger partial charge in [0.15, 0.2) is 0 Å². The SMILES string of the molecule is Cc1cc(Cl)cc(N2CCN(CCC3CCC(NC(=O)CC#N)CC3)CC2)c1.Cc1cc(Cl)cc(N2CCN(CCC3CCC(NC(=O)CCCC#N)CC3)CC2)c1.Cl. The molecule has 59 heavy (non-hydrogen) atoms. The molecule has 10 nitrogen and oxygen atoms in total. The monoisotopic (exact) mass is 868 g/mol. The quantitative estimate of drug-likeness (QED) is 0.181. The molecule has 2 aliphatic carbocycles. The zero-order chi connectivity index (χ0) is 41.3. The van der Waals surface area contributed by atoms with Crippen LogP contribution in [0.4, 0.5) is 11.4 Å². The zero-order valence-electron chi connectivity index (χ0n) is 35.4. The first-order chi connectivity index (χ1) is 28.1. The minimum atomic E-state index is -0.126. The van der Waals surface area contributed by atoms with Gasteiger partial charge in [-0.2, -0.15) is 10.5 Å². The summed E-state index contributed by atoms with van der Waals surface area (Å²) in [6, 6.07) is 17.2. The van der Waals surface area contributed by atoms with E-state index in [0.717, 1.165) is 99.9 Å². The highest BCUT2D eigenvalue weighted by Gasteiger charge is 2.26. The van der Waals surface area contributed by atoms with Crippen molar-refractivity contribution in [3.8, 4) is 12.1 Å². The summed E-state index contributed by atoms with van der Waals surface area (Å²) in [6.07, 6.45) is 13.2. The van der Waals surface area contributed by atoms with Crippen LogP contribution in [-0.4, -0.2) is 99.1 Å². The molecular weight excluding hydrogens is 803 g/mol. The van der Waals surface area contributed by atoms with Crippen molar-refractivity contribution in [1.29, 1.82) is 10.5 Å². The Morgan fingerprint density at radius 2 is 1.05 bits per heavy atom. The summed E-state index contributed by atoms with van der Waals surface area (Å²) in [5.41, 5.74) is 4.91. The van der Waals surface area contributed by atoms with E-state index < -0.39 is 0 Å². The first kappa shape index (κ1) is 48.4. The van der Waals surface area contributed by atoms with Crippen molar-refractivity contribution in [1.82, 2.24) is 20.4 Å². The number of hydrogen-bond donors (Lipinski definition) is 2. The van der Waals surface area contributed by atoms with Crippen molar-refractivity contribution in [2.45, 2.75) is 116 Å². The number of carbonyl (C=O) groups excluding carboxylic acids is 2. The van der Waals surface area contributed by atoms with Crippen molar-refractivity contribution < 1.29 is 9.59 Å². The molecule has 0 bridgehead atoms. The number of rotatable bonds is 14. The summed E-state index contributed by atoms with van der Waals surface area (Å²) in [4.78, 5) is 33.5. The Kier molecular flexibility index (Phi) is 20.9. The number of anilines is 2. The van der Waals surface area contributed by atoms with Crippen molar-refractivity contribution in [2.75, 3.05) is 75.2 Å². The van der Waals surface area contributed by atoms with E-state index in [4.69, 9.17) is 33.7 Å². The number of hydrogen-bond acceptors (Lipinski definition) is 8. The average Bonchev–Trinajstić information content (AvgIpc) is 3.20. The third-order valence-corrected chi connectivity index (χ3v) is 13.0. The first-order valence-corrected chi connectivity index (χ1v) is 22.6. The molecule has 0 radical (unpaired) electrons. The molecule has 0 atom stereocenters. The molecular formula is C46H67Cl3N8O2. The number of aryl methyl sites for hydroxylation is 2. The fraction of sp³-hybridized carbons (Fsp3) is 0.652. The Hall–Kier alpha value is -3.25. The maximum absolute atomic E-state index is 11.9. The number of nitriles is 2. The Labute approximate surface area is 370 Å².